The largest absolute Gasteiger partial charge is 0.480 e. The molecular weight excluding hydrogens is 256 g/mol. The molecule has 0 aromatic carbocycles. The highest BCUT2D eigenvalue weighted by Crippen LogP contribution is 2.49. The average Bonchev–Trinajstić information content (AvgIpc) is 2.34. The van der Waals surface area contributed by atoms with E-state index in [0.29, 0.717) is 36.2 Å². The van der Waals surface area contributed by atoms with E-state index in [1.54, 1.807) is 0 Å². The van der Waals surface area contributed by atoms with Crippen molar-refractivity contribution in [3.8, 4) is 11.8 Å². The van der Waals surface area contributed by atoms with Gasteiger partial charge in [0.1, 0.15) is 11.3 Å². The highest BCUT2D eigenvalue weighted by molar-refractivity contribution is 5.29. The second-order valence-corrected chi connectivity index (χ2v) is 6.66. The first-order chi connectivity index (χ1) is 9.29. The molecule has 1 N–H and O–H groups in total. The first-order valence-corrected chi connectivity index (χ1v) is 6.97. The molecule has 1 fully saturated rings. The van der Waals surface area contributed by atoms with E-state index in [0.717, 1.165) is 6.42 Å². The van der Waals surface area contributed by atoms with Gasteiger partial charge in [-0.3, -0.25) is 0 Å². The van der Waals surface area contributed by atoms with Crippen LogP contribution in [0.15, 0.2) is 6.20 Å². The van der Waals surface area contributed by atoms with E-state index in [2.05, 4.69) is 30.7 Å². The fourth-order valence-electron chi connectivity index (χ4n) is 3.63. The molecule has 0 amide bonds. The molecule has 20 heavy (non-hydrogen) atoms. The first kappa shape index (κ1) is 15.0. The highest BCUT2D eigenvalue weighted by Gasteiger charge is 2.45. The van der Waals surface area contributed by atoms with Crippen LogP contribution in [-0.4, -0.2) is 29.3 Å². The molecular formula is C15H24N2O3. The van der Waals surface area contributed by atoms with Gasteiger partial charge in [-0.05, 0) is 30.6 Å². The van der Waals surface area contributed by atoms with Gasteiger partial charge >= 0.3 is 0 Å². The van der Waals surface area contributed by atoms with Gasteiger partial charge in [-0.25, -0.2) is 4.98 Å². The Labute approximate surface area is 120 Å². The summed E-state index contributed by atoms with van der Waals surface area (Å²) in [6.45, 7) is 6.52. The summed E-state index contributed by atoms with van der Waals surface area (Å²) >= 11 is 0. The Hall–Kier alpha value is -1.36. The van der Waals surface area contributed by atoms with E-state index in [4.69, 9.17) is 9.47 Å². The summed E-state index contributed by atoms with van der Waals surface area (Å²) in [6.07, 6.45) is 3.96. The van der Waals surface area contributed by atoms with E-state index in [-0.39, 0.29) is 5.41 Å². The number of rotatable bonds is 3. The molecule has 0 spiro atoms. The summed E-state index contributed by atoms with van der Waals surface area (Å²) in [5, 5.41) is 11.1. The first-order valence-electron chi connectivity index (χ1n) is 6.97. The van der Waals surface area contributed by atoms with Crippen LogP contribution in [0.5, 0.6) is 11.8 Å². The lowest BCUT2D eigenvalue weighted by molar-refractivity contribution is -0.0683. The summed E-state index contributed by atoms with van der Waals surface area (Å²) in [6, 6.07) is 0. The van der Waals surface area contributed by atoms with Crippen LogP contribution in [0, 0.1) is 11.3 Å². The molecule has 112 valence electrons. The molecule has 1 aromatic heterocycles. The molecule has 2 atom stereocenters. The molecule has 1 heterocycles. The minimum atomic E-state index is -0.994. The maximum atomic E-state index is 11.1. The number of methoxy groups -OCH3 is 2. The smallest absolute Gasteiger partial charge is 0.241 e. The van der Waals surface area contributed by atoms with Gasteiger partial charge in [0, 0.05) is 0 Å². The second-order valence-electron chi connectivity index (χ2n) is 6.66. The Bertz CT molecular complexity index is 490. The lowest BCUT2D eigenvalue weighted by atomic mass is 9.65. The summed E-state index contributed by atoms with van der Waals surface area (Å²) < 4.78 is 10.4. The van der Waals surface area contributed by atoms with Crippen molar-refractivity contribution in [2.75, 3.05) is 14.2 Å². The van der Waals surface area contributed by atoms with Crippen molar-refractivity contribution in [2.24, 2.45) is 11.3 Å². The average molecular weight is 280 g/mol. The third-order valence-electron chi connectivity index (χ3n) is 3.92. The predicted molar refractivity (Wildman–Crippen MR) is 75.8 cm³/mol. The van der Waals surface area contributed by atoms with E-state index < -0.39 is 5.60 Å². The van der Waals surface area contributed by atoms with Crippen molar-refractivity contribution >= 4 is 0 Å². The monoisotopic (exact) mass is 280 g/mol. The van der Waals surface area contributed by atoms with Crippen LogP contribution < -0.4 is 9.47 Å². The van der Waals surface area contributed by atoms with Crippen LogP contribution in [-0.2, 0) is 5.60 Å². The maximum absolute atomic E-state index is 11.1. The van der Waals surface area contributed by atoms with Crippen molar-refractivity contribution in [3.63, 3.8) is 0 Å². The highest BCUT2D eigenvalue weighted by atomic mass is 16.5. The summed E-state index contributed by atoms with van der Waals surface area (Å²) in [4.78, 5) is 8.59. The standard InChI is InChI=1S/C15H24N2O3/c1-10-6-14(2,3)9-15(18,7-10)12-13(20-5)17-11(19-4)8-16-12/h8,10,18H,6-7,9H2,1-5H3. The fraction of sp³-hybridized carbons (Fsp3) is 0.733. The third kappa shape index (κ3) is 2.87. The van der Waals surface area contributed by atoms with Gasteiger partial charge in [0.15, 0.2) is 0 Å². The third-order valence-corrected chi connectivity index (χ3v) is 3.92. The van der Waals surface area contributed by atoms with Gasteiger partial charge < -0.3 is 14.6 Å². The number of nitrogens with zero attached hydrogens (tertiary/aromatic N) is 2. The number of hydrogen-bond donors (Lipinski definition) is 1. The van der Waals surface area contributed by atoms with Gasteiger partial charge in [0.25, 0.3) is 0 Å². The Morgan fingerprint density at radius 1 is 1.25 bits per heavy atom. The van der Waals surface area contributed by atoms with Crippen molar-refractivity contribution in [3.05, 3.63) is 11.9 Å². The quantitative estimate of drug-likeness (QED) is 0.921. The van der Waals surface area contributed by atoms with E-state index >= 15 is 0 Å². The van der Waals surface area contributed by atoms with Crippen molar-refractivity contribution in [1.82, 2.24) is 9.97 Å². The van der Waals surface area contributed by atoms with Gasteiger partial charge in [-0.15, -0.1) is 0 Å². The molecule has 5 nitrogen and oxygen atoms in total. The molecule has 1 aliphatic rings. The Balaban J connectivity index is 2.43. The van der Waals surface area contributed by atoms with Crippen LogP contribution in [0.25, 0.3) is 0 Å². The van der Waals surface area contributed by atoms with Crippen LogP contribution in [0.4, 0.5) is 0 Å². The van der Waals surface area contributed by atoms with E-state index in [1.807, 2.05) is 0 Å². The zero-order chi connectivity index (χ0) is 15.0. The zero-order valence-corrected chi connectivity index (χ0v) is 12.9. The van der Waals surface area contributed by atoms with Crippen LogP contribution in [0.2, 0.25) is 0 Å². The maximum Gasteiger partial charge on any atom is 0.241 e. The van der Waals surface area contributed by atoms with E-state index in [1.165, 1.54) is 20.4 Å². The molecule has 1 aliphatic carbocycles. The van der Waals surface area contributed by atoms with Gasteiger partial charge in [-0.2, -0.15) is 4.98 Å². The lowest BCUT2D eigenvalue weighted by Crippen LogP contribution is -2.41. The Kier molecular flexibility index (Phi) is 3.91. The number of ether oxygens (including phenoxy) is 2. The van der Waals surface area contributed by atoms with Crippen LogP contribution in [0.3, 0.4) is 0 Å². The second kappa shape index (κ2) is 5.20. The predicted octanol–water partition coefficient (Wildman–Crippen LogP) is 2.53. The topological polar surface area (TPSA) is 64.5 Å². The van der Waals surface area contributed by atoms with Crippen molar-refractivity contribution in [2.45, 2.75) is 45.6 Å². The fourth-order valence-corrected chi connectivity index (χ4v) is 3.63. The summed E-state index contributed by atoms with van der Waals surface area (Å²) in [5.41, 5.74) is -0.411. The Morgan fingerprint density at radius 3 is 2.50 bits per heavy atom. The van der Waals surface area contributed by atoms with Crippen LogP contribution >= 0.6 is 0 Å². The van der Waals surface area contributed by atoms with Gasteiger partial charge in [0.05, 0.1) is 20.4 Å². The molecule has 5 heteroatoms. The molecule has 0 saturated heterocycles. The molecule has 1 saturated carbocycles. The Morgan fingerprint density at radius 2 is 1.95 bits per heavy atom. The lowest BCUT2D eigenvalue weighted by Gasteiger charge is -2.44. The number of aromatic nitrogens is 2. The minimum absolute atomic E-state index is 0.0685. The number of hydrogen-bond acceptors (Lipinski definition) is 5. The van der Waals surface area contributed by atoms with Gasteiger partial charge in [0.2, 0.25) is 11.8 Å². The SMILES string of the molecule is COc1cnc(C2(O)CC(C)CC(C)(C)C2)c(OC)n1. The van der Waals surface area contributed by atoms with Gasteiger partial charge in [-0.1, -0.05) is 20.8 Å². The molecule has 2 rings (SSSR count). The molecule has 2 unspecified atom stereocenters. The van der Waals surface area contributed by atoms with Crippen LogP contribution in [0.1, 0.15) is 45.7 Å². The summed E-state index contributed by atoms with van der Waals surface area (Å²) in [5.74, 6) is 1.16. The zero-order valence-electron chi connectivity index (χ0n) is 12.9. The minimum Gasteiger partial charge on any atom is -0.480 e. The number of aliphatic hydroxyl groups is 1. The molecule has 1 aromatic rings. The van der Waals surface area contributed by atoms with Crippen molar-refractivity contribution < 1.29 is 14.6 Å². The van der Waals surface area contributed by atoms with E-state index in [9.17, 15) is 5.11 Å². The molecule has 0 bridgehead atoms. The molecule has 0 aliphatic heterocycles. The normalized spacial score (nSPS) is 29.0. The summed E-state index contributed by atoms with van der Waals surface area (Å²) in [7, 11) is 3.07. The van der Waals surface area contributed by atoms with Crippen molar-refractivity contribution in [1.29, 1.82) is 0 Å². The molecule has 0 radical (unpaired) electrons.